The van der Waals surface area contributed by atoms with Crippen LogP contribution in [-0.2, 0) is 0 Å². The van der Waals surface area contributed by atoms with Crippen molar-refractivity contribution in [2.45, 2.75) is 39.2 Å². The van der Waals surface area contributed by atoms with Crippen molar-refractivity contribution >= 4 is 39.2 Å². The van der Waals surface area contributed by atoms with Gasteiger partial charge in [-0.05, 0) is 43.4 Å². The van der Waals surface area contributed by atoms with E-state index in [0.717, 1.165) is 6.42 Å². The van der Waals surface area contributed by atoms with Gasteiger partial charge in [0.15, 0.2) is 0 Å². The molecule has 0 aromatic heterocycles. The van der Waals surface area contributed by atoms with Crippen LogP contribution in [0.3, 0.4) is 0 Å². The van der Waals surface area contributed by atoms with Gasteiger partial charge >= 0.3 is 6.00 Å². The molecule has 1 atom stereocenters. The van der Waals surface area contributed by atoms with Gasteiger partial charge in [0.1, 0.15) is 0 Å². The highest BCUT2D eigenvalue weighted by atomic mass is 35.8. The second-order valence-electron chi connectivity index (χ2n) is 4.28. The highest BCUT2D eigenvalue weighted by molar-refractivity contribution is 7.64. The second-order valence-corrected chi connectivity index (χ2v) is 13.5. The molecule has 0 fully saturated rings. The summed E-state index contributed by atoms with van der Waals surface area (Å²) in [6.07, 6.45) is 1.02. The molecule has 0 N–H and O–H groups in total. The summed E-state index contributed by atoms with van der Waals surface area (Å²) in [5, 5.41) is 0. The smallest absolute Gasteiger partial charge is 0.126 e. The van der Waals surface area contributed by atoms with Crippen LogP contribution in [0.2, 0.25) is 6.04 Å². The van der Waals surface area contributed by atoms with Crippen LogP contribution in [0.25, 0.3) is 0 Å². The van der Waals surface area contributed by atoms with Gasteiger partial charge in [-0.25, -0.2) is 0 Å². The minimum absolute atomic E-state index is 0.374. The average molecular weight is 296 g/mol. The van der Waals surface area contributed by atoms with Crippen LogP contribution in [0.4, 0.5) is 0 Å². The lowest BCUT2D eigenvalue weighted by Gasteiger charge is -2.21. The summed E-state index contributed by atoms with van der Waals surface area (Å²) in [6, 6.07) is 4.65. The Labute approximate surface area is 113 Å². The Bertz CT molecular complexity index is 358. The molecule has 1 aromatic rings. The summed E-state index contributed by atoms with van der Waals surface area (Å²) in [4.78, 5) is 0. The molecule has 0 spiro atoms. The third-order valence-electron chi connectivity index (χ3n) is 2.85. The first-order chi connectivity index (χ1) is 7.33. The Morgan fingerprint density at radius 2 is 1.81 bits per heavy atom. The molecule has 16 heavy (non-hydrogen) atoms. The zero-order chi connectivity index (χ0) is 12.3. The number of hydrogen-bond donors (Lipinski definition) is 0. The Morgan fingerprint density at radius 3 is 2.31 bits per heavy atom. The maximum absolute atomic E-state index is 6.02. The quantitative estimate of drug-likeness (QED) is 0.511. The van der Waals surface area contributed by atoms with Gasteiger partial charge < -0.3 is 0 Å². The lowest BCUT2D eigenvalue weighted by molar-refractivity contribution is 0.723. The topological polar surface area (TPSA) is 0 Å². The maximum atomic E-state index is 6.02. The molecule has 0 heterocycles. The van der Waals surface area contributed by atoms with Crippen molar-refractivity contribution in [2.24, 2.45) is 0 Å². The first kappa shape index (κ1) is 14.4. The predicted octanol–water partition coefficient (Wildman–Crippen LogP) is 5.45. The van der Waals surface area contributed by atoms with Crippen molar-refractivity contribution in [1.29, 1.82) is 0 Å². The molecule has 0 radical (unpaired) electrons. The van der Waals surface area contributed by atoms with Gasteiger partial charge in [0.2, 0.25) is 0 Å². The van der Waals surface area contributed by atoms with Crippen LogP contribution in [0.5, 0.6) is 0 Å². The van der Waals surface area contributed by atoms with E-state index in [2.05, 4.69) is 39.0 Å². The van der Waals surface area contributed by atoms with Crippen LogP contribution >= 0.6 is 33.2 Å². The normalized spacial score (nSPS) is 13.9. The standard InChI is InChI=1S/C12H17Cl3Si/c1-4-11(8-16(13,14)15)12-7-9(2)5-6-10(12)3/h5-7,11H,4,8H2,1-3H3. The fourth-order valence-corrected chi connectivity index (χ4v) is 4.70. The van der Waals surface area contributed by atoms with E-state index in [1.807, 2.05) is 0 Å². The van der Waals surface area contributed by atoms with Gasteiger partial charge in [-0.3, -0.25) is 0 Å². The molecule has 0 bridgehead atoms. The van der Waals surface area contributed by atoms with E-state index in [0.29, 0.717) is 12.0 Å². The Hall–Kier alpha value is 0.307. The Balaban J connectivity index is 2.99. The van der Waals surface area contributed by atoms with Crippen LogP contribution < -0.4 is 0 Å². The summed E-state index contributed by atoms with van der Waals surface area (Å²) in [5.41, 5.74) is 3.90. The van der Waals surface area contributed by atoms with Gasteiger partial charge in [-0.1, -0.05) is 30.7 Å². The van der Waals surface area contributed by atoms with Crippen LogP contribution in [0.1, 0.15) is 36.0 Å². The molecular formula is C12H17Cl3Si. The van der Waals surface area contributed by atoms with E-state index in [1.54, 1.807) is 0 Å². The summed E-state index contributed by atoms with van der Waals surface area (Å²) in [6.45, 7) is 6.37. The summed E-state index contributed by atoms with van der Waals surface area (Å²) < 4.78 is 0. The largest absolute Gasteiger partial charge is 0.342 e. The predicted molar refractivity (Wildman–Crippen MR) is 77.1 cm³/mol. The number of rotatable bonds is 4. The van der Waals surface area contributed by atoms with Gasteiger partial charge in [0.05, 0.1) is 0 Å². The molecule has 0 amide bonds. The minimum Gasteiger partial charge on any atom is -0.126 e. The van der Waals surface area contributed by atoms with E-state index < -0.39 is 6.00 Å². The van der Waals surface area contributed by atoms with Crippen molar-refractivity contribution in [3.63, 3.8) is 0 Å². The van der Waals surface area contributed by atoms with Crippen molar-refractivity contribution < 1.29 is 0 Å². The Morgan fingerprint density at radius 1 is 1.19 bits per heavy atom. The van der Waals surface area contributed by atoms with Crippen molar-refractivity contribution in [2.75, 3.05) is 0 Å². The van der Waals surface area contributed by atoms with E-state index in [4.69, 9.17) is 33.2 Å². The van der Waals surface area contributed by atoms with E-state index >= 15 is 0 Å². The van der Waals surface area contributed by atoms with E-state index in [1.165, 1.54) is 16.7 Å². The van der Waals surface area contributed by atoms with Crippen LogP contribution in [-0.4, -0.2) is 6.00 Å². The highest BCUT2D eigenvalue weighted by Crippen LogP contribution is 2.37. The second kappa shape index (κ2) is 5.77. The summed E-state index contributed by atoms with van der Waals surface area (Å²) in [7, 11) is 0. The average Bonchev–Trinajstić information content (AvgIpc) is 2.17. The molecule has 4 heteroatoms. The molecule has 0 aliphatic rings. The number of halogens is 3. The Kier molecular flexibility index (Phi) is 5.18. The molecular weight excluding hydrogens is 279 g/mol. The minimum atomic E-state index is -2.55. The van der Waals surface area contributed by atoms with Crippen molar-refractivity contribution in [3.8, 4) is 0 Å². The lowest BCUT2D eigenvalue weighted by atomic mass is 9.93. The van der Waals surface area contributed by atoms with Gasteiger partial charge in [0.25, 0.3) is 0 Å². The zero-order valence-corrected chi connectivity index (χ0v) is 13.1. The first-order valence-corrected chi connectivity index (χ1v) is 10.7. The van der Waals surface area contributed by atoms with Gasteiger partial charge in [-0.15, -0.1) is 33.2 Å². The van der Waals surface area contributed by atoms with Crippen molar-refractivity contribution in [1.82, 2.24) is 0 Å². The maximum Gasteiger partial charge on any atom is 0.342 e. The fraction of sp³-hybridized carbons (Fsp3) is 0.500. The van der Waals surface area contributed by atoms with E-state index in [-0.39, 0.29) is 0 Å². The van der Waals surface area contributed by atoms with Gasteiger partial charge in [0, 0.05) is 0 Å². The SMILES string of the molecule is CCC(C[Si](Cl)(Cl)Cl)c1cc(C)ccc1C. The summed E-state index contributed by atoms with van der Waals surface area (Å²) in [5.74, 6) is 0.374. The van der Waals surface area contributed by atoms with Crippen molar-refractivity contribution in [3.05, 3.63) is 34.9 Å². The number of benzene rings is 1. The van der Waals surface area contributed by atoms with Crippen LogP contribution in [0, 0.1) is 13.8 Å². The third-order valence-corrected chi connectivity index (χ3v) is 5.19. The highest BCUT2D eigenvalue weighted by Gasteiger charge is 2.30. The van der Waals surface area contributed by atoms with Gasteiger partial charge in [-0.2, -0.15) is 0 Å². The zero-order valence-electron chi connectivity index (χ0n) is 9.86. The molecule has 0 aliphatic carbocycles. The van der Waals surface area contributed by atoms with E-state index in [9.17, 15) is 0 Å². The monoisotopic (exact) mass is 294 g/mol. The molecule has 0 saturated carbocycles. The fourth-order valence-electron chi connectivity index (χ4n) is 1.95. The first-order valence-electron chi connectivity index (χ1n) is 5.47. The molecule has 0 nitrogen and oxygen atoms in total. The number of aryl methyl sites for hydroxylation is 2. The molecule has 0 saturated heterocycles. The number of hydrogen-bond acceptors (Lipinski definition) is 0. The molecule has 1 aromatic carbocycles. The molecule has 1 unspecified atom stereocenters. The third kappa shape index (κ3) is 4.29. The van der Waals surface area contributed by atoms with Crippen LogP contribution in [0.15, 0.2) is 18.2 Å². The summed E-state index contributed by atoms with van der Waals surface area (Å²) >= 11 is 18.1. The molecule has 90 valence electrons. The molecule has 0 aliphatic heterocycles. The molecule has 1 rings (SSSR count). The lowest BCUT2D eigenvalue weighted by Crippen LogP contribution is -2.15.